The Hall–Kier alpha value is -0.160. The minimum atomic E-state index is 0.367. The normalized spacial score (nSPS) is 12.6. The van der Waals surface area contributed by atoms with E-state index in [1.165, 1.54) is 20.5 Å². The standard InChI is InChI=1S/C15H17Br2NS/c1-3-18-15(8-14-7-13(17)9-19-14)11-4-10(2)5-12(16)6-11/h4-7,9,15,18H,3,8H2,1-2H3. The molecule has 1 aromatic carbocycles. The largest absolute Gasteiger partial charge is 0.310 e. The van der Waals surface area contributed by atoms with E-state index in [4.69, 9.17) is 0 Å². The average Bonchev–Trinajstić information content (AvgIpc) is 2.73. The van der Waals surface area contributed by atoms with Gasteiger partial charge in [-0.25, -0.2) is 0 Å². The van der Waals surface area contributed by atoms with Gasteiger partial charge in [-0.15, -0.1) is 11.3 Å². The molecule has 0 saturated carbocycles. The molecule has 19 heavy (non-hydrogen) atoms. The lowest BCUT2D eigenvalue weighted by atomic mass is 10.0. The van der Waals surface area contributed by atoms with Crippen LogP contribution >= 0.6 is 43.2 Å². The molecule has 0 aliphatic carbocycles. The van der Waals surface area contributed by atoms with Gasteiger partial charge in [-0.1, -0.05) is 28.9 Å². The molecule has 1 atom stereocenters. The van der Waals surface area contributed by atoms with E-state index >= 15 is 0 Å². The number of aryl methyl sites for hydroxylation is 1. The fraction of sp³-hybridized carbons (Fsp3) is 0.333. The number of nitrogens with one attached hydrogen (secondary N) is 1. The van der Waals surface area contributed by atoms with Crippen molar-refractivity contribution >= 4 is 43.2 Å². The van der Waals surface area contributed by atoms with E-state index in [-0.39, 0.29) is 0 Å². The molecule has 2 rings (SSSR count). The Balaban J connectivity index is 2.23. The van der Waals surface area contributed by atoms with Crippen molar-refractivity contribution in [3.05, 3.63) is 54.6 Å². The van der Waals surface area contributed by atoms with Gasteiger partial charge < -0.3 is 5.32 Å². The molecule has 2 aromatic rings. The predicted octanol–water partition coefficient (Wildman–Crippen LogP) is 5.47. The molecule has 0 amide bonds. The van der Waals surface area contributed by atoms with Crippen LogP contribution in [0.15, 0.2) is 38.6 Å². The molecule has 1 N–H and O–H groups in total. The van der Waals surface area contributed by atoms with E-state index in [9.17, 15) is 0 Å². The SMILES string of the molecule is CCNC(Cc1cc(Br)cs1)c1cc(C)cc(Br)c1. The minimum absolute atomic E-state index is 0.367. The van der Waals surface area contributed by atoms with Crippen molar-refractivity contribution in [1.82, 2.24) is 5.32 Å². The van der Waals surface area contributed by atoms with Crippen molar-refractivity contribution in [1.29, 1.82) is 0 Å². The van der Waals surface area contributed by atoms with Crippen LogP contribution in [0, 0.1) is 6.92 Å². The summed E-state index contributed by atoms with van der Waals surface area (Å²) in [7, 11) is 0. The molecule has 0 bridgehead atoms. The van der Waals surface area contributed by atoms with E-state index in [0.717, 1.165) is 17.4 Å². The first-order valence-electron chi connectivity index (χ1n) is 6.32. The third-order valence-corrected chi connectivity index (χ3v) is 5.12. The van der Waals surface area contributed by atoms with Crippen molar-refractivity contribution in [3.63, 3.8) is 0 Å². The second kappa shape index (κ2) is 7.02. The summed E-state index contributed by atoms with van der Waals surface area (Å²) in [5, 5.41) is 5.72. The van der Waals surface area contributed by atoms with E-state index in [0.29, 0.717) is 6.04 Å². The second-order valence-electron chi connectivity index (χ2n) is 4.61. The smallest absolute Gasteiger partial charge is 0.0369 e. The molecular formula is C15H17Br2NS. The van der Waals surface area contributed by atoms with Gasteiger partial charge in [0.05, 0.1) is 0 Å². The van der Waals surface area contributed by atoms with Gasteiger partial charge in [-0.2, -0.15) is 0 Å². The van der Waals surface area contributed by atoms with Crippen LogP contribution in [0.1, 0.15) is 29.0 Å². The Labute approximate surface area is 135 Å². The molecule has 0 spiro atoms. The highest BCUT2D eigenvalue weighted by Crippen LogP contribution is 2.27. The molecular weight excluding hydrogens is 386 g/mol. The van der Waals surface area contributed by atoms with Gasteiger partial charge in [0.15, 0.2) is 0 Å². The number of likely N-dealkylation sites (N-methyl/N-ethyl adjacent to an activating group) is 1. The van der Waals surface area contributed by atoms with Crippen molar-refractivity contribution < 1.29 is 0 Å². The molecule has 0 saturated heterocycles. The first-order valence-corrected chi connectivity index (χ1v) is 8.78. The lowest BCUT2D eigenvalue weighted by Gasteiger charge is -2.18. The van der Waals surface area contributed by atoms with Crippen LogP contribution in [0.4, 0.5) is 0 Å². The Bertz CT molecular complexity index is 531. The summed E-state index contributed by atoms with van der Waals surface area (Å²) >= 11 is 8.92. The highest BCUT2D eigenvalue weighted by Gasteiger charge is 2.13. The summed E-state index contributed by atoms with van der Waals surface area (Å²) in [4.78, 5) is 1.40. The molecule has 1 nitrogen and oxygen atoms in total. The van der Waals surface area contributed by atoms with Crippen LogP contribution < -0.4 is 5.32 Å². The maximum absolute atomic E-state index is 3.59. The highest BCUT2D eigenvalue weighted by atomic mass is 79.9. The quantitative estimate of drug-likeness (QED) is 0.698. The molecule has 4 heteroatoms. The summed E-state index contributed by atoms with van der Waals surface area (Å²) < 4.78 is 2.32. The predicted molar refractivity (Wildman–Crippen MR) is 91.0 cm³/mol. The van der Waals surface area contributed by atoms with Gasteiger partial charge in [0.1, 0.15) is 0 Å². The van der Waals surface area contributed by atoms with Crippen LogP contribution in [0.5, 0.6) is 0 Å². The van der Waals surface area contributed by atoms with Gasteiger partial charge >= 0.3 is 0 Å². The number of hydrogen-bond donors (Lipinski definition) is 1. The Morgan fingerprint density at radius 2 is 1.95 bits per heavy atom. The van der Waals surface area contributed by atoms with Gasteiger partial charge in [0.2, 0.25) is 0 Å². The fourth-order valence-electron chi connectivity index (χ4n) is 2.18. The summed E-state index contributed by atoms with van der Waals surface area (Å²) in [5.41, 5.74) is 2.64. The van der Waals surface area contributed by atoms with E-state index in [1.54, 1.807) is 0 Å². The highest BCUT2D eigenvalue weighted by molar-refractivity contribution is 9.10. The first kappa shape index (κ1) is 15.2. The number of halogens is 2. The zero-order valence-electron chi connectivity index (χ0n) is 11.0. The van der Waals surface area contributed by atoms with Crippen molar-refractivity contribution in [2.45, 2.75) is 26.3 Å². The topological polar surface area (TPSA) is 12.0 Å². The number of hydrogen-bond acceptors (Lipinski definition) is 2. The lowest BCUT2D eigenvalue weighted by Crippen LogP contribution is -2.22. The fourth-order valence-corrected chi connectivity index (χ4v) is 4.31. The molecule has 0 aliphatic rings. The van der Waals surface area contributed by atoms with Crippen LogP contribution in [-0.4, -0.2) is 6.54 Å². The lowest BCUT2D eigenvalue weighted by molar-refractivity contribution is 0.553. The maximum atomic E-state index is 3.59. The number of benzene rings is 1. The van der Waals surface area contributed by atoms with Gasteiger partial charge in [-0.3, -0.25) is 0 Å². The van der Waals surface area contributed by atoms with Gasteiger partial charge in [-0.05, 0) is 58.7 Å². The first-order chi connectivity index (χ1) is 9.08. The monoisotopic (exact) mass is 401 g/mol. The summed E-state index contributed by atoms with van der Waals surface area (Å²) in [6.07, 6.45) is 1.03. The Morgan fingerprint density at radius 1 is 1.16 bits per heavy atom. The molecule has 0 radical (unpaired) electrons. The average molecular weight is 403 g/mol. The zero-order valence-corrected chi connectivity index (χ0v) is 15.0. The van der Waals surface area contributed by atoms with Crippen LogP contribution in [0.2, 0.25) is 0 Å². The molecule has 0 fully saturated rings. The van der Waals surface area contributed by atoms with Crippen molar-refractivity contribution in [3.8, 4) is 0 Å². The summed E-state index contributed by atoms with van der Waals surface area (Å²) in [6, 6.07) is 9.20. The Morgan fingerprint density at radius 3 is 2.53 bits per heavy atom. The third kappa shape index (κ3) is 4.42. The summed E-state index contributed by atoms with van der Waals surface area (Å²) in [6.45, 7) is 5.27. The molecule has 0 aliphatic heterocycles. The molecule has 1 heterocycles. The summed E-state index contributed by atoms with van der Waals surface area (Å²) in [5.74, 6) is 0. The Kier molecular flexibility index (Phi) is 5.63. The van der Waals surface area contributed by atoms with E-state index in [2.05, 4.69) is 80.7 Å². The number of thiophene rings is 1. The molecule has 1 unspecified atom stereocenters. The van der Waals surface area contributed by atoms with Crippen LogP contribution in [0.3, 0.4) is 0 Å². The minimum Gasteiger partial charge on any atom is -0.310 e. The third-order valence-electron chi connectivity index (χ3n) is 2.94. The van der Waals surface area contributed by atoms with Crippen molar-refractivity contribution in [2.24, 2.45) is 0 Å². The van der Waals surface area contributed by atoms with Crippen LogP contribution in [0.25, 0.3) is 0 Å². The van der Waals surface area contributed by atoms with E-state index < -0.39 is 0 Å². The van der Waals surface area contributed by atoms with E-state index in [1.807, 2.05) is 11.3 Å². The molecule has 1 aromatic heterocycles. The van der Waals surface area contributed by atoms with Crippen molar-refractivity contribution in [2.75, 3.05) is 6.54 Å². The molecule has 102 valence electrons. The van der Waals surface area contributed by atoms with Crippen LogP contribution in [-0.2, 0) is 6.42 Å². The van der Waals surface area contributed by atoms with Gasteiger partial charge in [0, 0.05) is 31.7 Å². The zero-order chi connectivity index (χ0) is 13.8. The number of rotatable bonds is 5. The van der Waals surface area contributed by atoms with Gasteiger partial charge in [0.25, 0.3) is 0 Å². The maximum Gasteiger partial charge on any atom is 0.0369 e. The second-order valence-corrected chi connectivity index (χ2v) is 7.43.